The van der Waals surface area contributed by atoms with Crippen LogP contribution in [0.4, 0.5) is 18.3 Å². The zero-order valence-electron chi connectivity index (χ0n) is 15.4. The number of alkyl halides is 3. The summed E-state index contributed by atoms with van der Waals surface area (Å²) in [6, 6.07) is 9.84. The van der Waals surface area contributed by atoms with Gasteiger partial charge in [-0.2, -0.15) is 13.2 Å². The number of aromatic nitrogens is 2. The summed E-state index contributed by atoms with van der Waals surface area (Å²) in [7, 11) is 0. The van der Waals surface area contributed by atoms with E-state index in [9.17, 15) is 22.8 Å². The lowest BCUT2D eigenvalue weighted by molar-refractivity contribution is -0.138. The fourth-order valence-corrected chi connectivity index (χ4v) is 3.73. The Balaban J connectivity index is 1.91. The minimum absolute atomic E-state index is 0.0714. The van der Waals surface area contributed by atoms with Gasteiger partial charge in [0.05, 0.1) is 11.3 Å². The Labute approximate surface area is 178 Å². The van der Waals surface area contributed by atoms with Gasteiger partial charge in [-0.1, -0.05) is 48.0 Å². The lowest BCUT2D eigenvalue weighted by Crippen LogP contribution is -2.37. The maximum Gasteiger partial charge on any atom is 0.417 e. The predicted octanol–water partition coefficient (Wildman–Crippen LogP) is 4.86. The zero-order chi connectivity index (χ0) is 21.9. The van der Waals surface area contributed by atoms with Crippen molar-refractivity contribution in [2.75, 3.05) is 11.4 Å². The maximum absolute atomic E-state index is 13.0. The van der Waals surface area contributed by atoms with Crippen molar-refractivity contribution >= 4 is 34.0 Å². The Hall–Kier alpha value is -2.91. The molecule has 0 N–H and O–H groups in total. The molecule has 2 heterocycles. The van der Waals surface area contributed by atoms with Gasteiger partial charge in [-0.25, -0.2) is 4.98 Å². The summed E-state index contributed by atoms with van der Waals surface area (Å²) in [6.07, 6.45) is -2.67. The third-order valence-corrected chi connectivity index (χ3v) is 5.21. The Bertz CT molecular complexity index is 1130. The number of carbonyl (C=O) groups excluding carboxylic acids is 1. The van der Waals surface area contributed by atoms with Crippen molar-refractivity contribution in [3.05, 3.63) is 81.6 Å². The van der Waals surface area contributed by atoms with E-state index in [1.165, 1.54) is 22.3 Å². The highest BCUT2D eigenvalue weighted by atomic mass is 35.5. The topological polar surface area (TPSA) is 55.2 Å². The largest absolute Gasteiger partial charge is 0.417 e. The number of hydrogen-bond acceptors (Lipinski definition) is 4. The third kappa shape index (κ3) is 4.80. The van der Waals surface area contributed by atoms with Gasteiger partial charge in [-0.3, -0.25) is 14.5 Å². The molecule has 3 rings (SSSR count). The number of halogens is 4. The van der Waals surface area contributed by atoms with Crippen LogP contribution in [0.5, 0.6) is 0 Å². The van der Waals surface area contributed by atoms with Crippen molar-refractivity contribution in [1.82, 2.24) is 9.55 Å². The second-order valence-corrected chi connectivity index (χ2v) is 7.43. The van der Waals surface area contributed by atoms with Crippen LogP contribution in [0.2, 0.25) is 5.02 Å². The molecule has 0 bridgehead atoms. The van der Waals surface area contributed by atoms with Crippen LogP contribution in [-0.2, 0) is 17.5 Å². The fourth-order valence-electron chi connectivity index (χ4n) is 2.65. The number of hydrogen-bond donors (Lipinski definition) is 0. The molecule has 1 aromatic carbocycles. The molecular formula is C20H15ClF3N3O2S. The molecule has 0 radical (unpaired) electrons. The average Bonchev–Trinajstić information content (AvgIpc) is 3.19. The van der Waals surface area contributed by atoms with Crippen molar-refractivity contribution < 1.29 is 18.0 Å². The quantitative estimate of drug-likeness (QED) is 0.501. The van der Waals surface area contributed by atoms with Crippen LogP contribution in [0.3, 0.4) is 0 Å². The van der Waals surface area contributed by atoms with Crippen molar-refractivity contribution in [2.24, 2.45) is 0 Å². The van der Waals surface area contributed by atoms with Gasteiger partial charge in [0.1, 0.15) is 11.6 Å². The van der Waals surface area contributed by atoms with Crippen LogP contribution in [0.15, 0.2) is 65.4 Å². The van der Waals surface area contributed by atoms with Crippen LogP contribution in [0.1, 0.15) is 5.56 Å². The molecule has 0 aliphatic carbocycles. The molecule has 0 unspecified atom stereocenters. The first kappa shape index (κ1) is 21.8. The molecule has 3 aromatic rings. The van der Waals surface area contributed by atoms with Gasteiger partial charge < -0.3 is 4.57 Å². The molecule has 156 valence electrons. The van der Waals surface area contributed by atoms with E-state index in [1.807, 2.05) is 30.3 Å². The van der Waals surface area contributed by atoms with Crippen LogP contribution in [0, 0.1) is 0 Å². The van der Waals surface area contributed by atoms with Crippen molar-refractivity contribution in [3.63, 3.8) is 0 Å². The van der Waals surface area contributed by atoms with Crippen molar-refractivity contribution in [2.45, 2.75) is 12.7 Å². The molecule has 0 aliphatic heterocycles. The van der Waals surface area contributed by atoms with E-state index >= 15 is 0 Å². The summed E-state index contributed by atoms with van der Waals surface area (Å²) in [5.74, 6) is -0.624. The first-order chi connectivity index (χ1) is 14.2. The first-order valence-electron chi connectivity index (χ1n) is 8.60. The van der Waals surface area contributed by atoms with Crippen LogP contribution >= 0.6 is 22.9 Å². The Morgan fingerprint density at radius 2 is 2.00 bits per heavy atom. The molecule has 30 heavy (non-hydrogen) atoms. The molecule has 10 heteroatoms. The molecular weight excluding hydrogens is 439 g/mol. The summed E-state index contributed by atoms with van der Waals surface area (Å²) in [6.45, 7) is 3.05. The van der Waals surface area contributed by atoms with Crippen LogP contribution in [-0.4, -0.2) is 22.0 Å². The van der Waals surface area contributed by atoms with E-state index in [0.717, 1.165) is 5.56 Å². The number of pyridine rings is 1. The maximum atomic E-state index is 13.0. The average molecular weight is 454 g/mol. The number of rotatable bonds is 6. The minimum Gasteiger partial charge on any atom is -0.304 e. The van der Waals surface area contributed by atoms with Gasteiger partial charge in [0.25, 0.3) is 5.56 Å². The lowest BCUT2D eigenvalue weighted by atomic mass is 10.2. The number of amides is 1. The van der Waals surface area contributed by atoms with Gasteiger partial charge in [0.2, 0.25) is 5.91 Å². The minimum atomic E-state index is -4.71. The molecule has 0 spiro atoms. The second kappa shape index (κ2) is 8.85. The number of thiazole rings is 1. The van der Waals surface area contributed by atoms with Crippen molar-refractivity contribution in [1.29, 1.82) is 0 Å². The molecule has 5 nitrogen and oxygen atoms in total. The third-order valence-electron chi connectivity index (χ3n) is 4.08. The van der Waals surface area contributed by atoms with Crippen LogP contribution < -0.4 is 10.5 Å². The molecule has 0 fully saturated rings. The van der Waals surface area contributed by atoms with Crippen LogP contribution in [0.25, 0.3) is 11.3 Å². The molecule has 0 atom stereocenters. The smallest absolute Gasteiger partial charge is 0.304 e. The van der Waals surface area contributed by atoms with E-state index in [-0.39, 0.29) is 6.54 Å². The van der Waals surface area contributed by atoms with E-state index in [4.69, 9.17) is 11.6 Å². The first-order valence-corrected chi connectivity index (χ1v) is 9.86. The summed E-state index contributed by atoms with van der Waals surface area (Å²) < 4.78 is 39.8. The van der Waals surface area contributed by atoms with E-state index in [0.29, 0.717) is 27.7 Å². The number of nitrogens with zero attached hydrogens (tertiary/aromatic N) is 3. The summed E-state index contributed by atoms with van der Waals surface area (Å²) in [5.41, 5.74) is -0.500. The molecule has 2 aromatic heterocycles. The predicted molar refractivity (Wildman–Crippen MR) is 111 cm³/mol. The summed E-state index contributed by atoms with van der Waals surface area (Å²) in [4.78, 5) is 30.7. The number of benzene rings is 1. The Morgan fingerprint density at radius 3 is 2.63 bits per heavy atom. The molecule has 0 saturated carbocycles. The zero-order valence-corrected chi connectivity index (χ0v) is 17.0. The number of anilines is 1. The number of carbonyl (C=O) groups is 1. The molecule has 0 aliphatic rings. The van der Waals surface area contributed by atoms with Gasteiger partial charge in [0, 0.05) is 23.7 Å². The monoisotopic (exact) mass is 453 g/mol. The summed E-state index contributed by atoms with van der Waals surface area (Å²) >= 11 is 6.85. The van der Waals surface area contributed by atoms with E-state index < -0.39 is 34.8 Å². The second-order valence-electron chi connectivity index (χ2n) is 6.18. The van der Waals surface area contributed by atoms with E-state index in [1.54, 1.807) is 5.38 Å². The van der Waals surface area contributed by atoms with Gasteiger partial charge in [-0.05, 0) is 6.07 Å². The fraction of sp³-hybridized carbons (Fsp3) is 0.150. The normalized spacial score (nSPS) is 11.3. The highest BCUT2D eigenvalue weighted by Gasteiger charge is 2.32. The van der Waals surface area contributed by atoms with E-state index in [2.05, 4.69) is 11.6 Å². The summed E-state index contributed by atoms with van der Waals surface area (Å²) in [5, 5.41) is 1.49. The standard InChI is InChI=1S/C20H15ClF3N3O2S/c1-2-8-27(19-25-16(12-30-19)13-6-4-3-5-7-13)17(28)11-26-10-14(20(22,23)24)9-15(21)18(26)29/h2-7,9-10,12H,1,8,11H2. The lowest BCUT2D eigenvalue weighted by Gasteiger charge is -2.19. The molecule has 0 saturated heterocycles. The highest BCUT2D eigenvalue weighted by molar-refractivity contribution is 7.14. The SMILES string of the molecule is C=CCN(C(=O)Cn1cc(C(F)(F)F)cc(Cl)c1=O)c1nc(-c2ccccc2)cs1. The Morgan fingerprint density at radius 1 is 1.30 bits per heavy atom. The Kier molecular flexibility index (Phi) is 6.42. The van der Waals surface area contributed by atoms with Gasteiger partial charge in [0.15, 0.2) is 5.13 Å². The highest BCUT2D eigenvalue weighted by Crippen LogP contribution is 2.30. The van der Waals surface area contributed by atoms with Crippen molar-refractivity contribution in [3.8, 4) is 11.3 Å². The molecule has 1 amide bonds. The van der Waals surface area contributed by atoms with Gasteiger partial charge >= 0.3 is 6.18 Å². The van der Waals surface area contributed by atoms with Gasteiger partial charge in [-0.15, -0.1) is 17.9 Å².